The van der Waals surface area contributed by atoms with Crippen LogP contribution in [0.5, 0.6) is 0 Å². The monoisotopic (exact) mass is 309 g/mol. The molecule has 2 N–H and O–H groups in total. The number of hydrogen-bond donors (Lipinski definition) is 2. The zero-order chi connectivity index (χ0) is 15.5. The van der Waals surface area contributed by atoms with Gasteiger partial charge in [0.25, 0.3) is 0 Å². The molecule has 0 bridgehead atoms. The third kappa shape index (κ3) is 3.89. The SMILES string of the molecule is Cn1cc(S(=O)(=O)NCc2ccccc2CC(=O)O)cn1. The Kier molecular flexibility index (Phi) is 4.39. The minimum absolute atomic E-state index is 0.0285. The summed E-state index contributed by atoms with van der Waals surface area (Å²) >= 11 is 0. The van der Waals surface area contributed by atoms with Crippen LogP contribution in [0, 0.1) is 0 Å². The van der Waals surface area contributed by atoms with Gasteiger partial charge in [0.2, 0.25) is 10.0 Å². The molecule has 0 amide bonds. The van der Waals surface area contributed by atoms with Crippen LogP contribution in [-0.4, -0.2) is 29.3 Å². The fourth-order valence-corrected chi connectivity index (χ4v) is 2.85. The summed E-state index contributed by atoms with van der Waals surface area (Å²) in [4.78, 5) is 10.9. The predicted octanol–water partition coefficient (Wildman–Crippen LogP) is 0.526. The zero-order valence-electron chi connectivity index (χ0n) is 11.4. The van der Waals surface area contributed by atoms with Crippen LogP contribution >= 0.6 is 0 Å². The normalized spacial score (nSPS) is 11.5. The molecule has 0 saturated heterocycles. The molecular weight excluding hydrogens is 294 g/mol. The molecule has 7 nitrogen and oxygen atoms in total. The Bertz CT molecular complexity index is 752. The lowest BCUT2D eigenvalue weighted by Crippen LogP contribution is -2.23. The Hall–Kier alpha value is -2.19. The van der Waals surface area contributed by atoms with Gasteiger partial charge in [-0.25, -0.2) is 13.1 Å². The number of aliphatic carboxylic acids is 1. The first-order chi connectivity index (χ1) is 9.88. The number of hydrogen-bond acceptors (Lipinski definition) is 4. The van der Waals surface area contributed by atoms with Gasteiger partial charge in [-0.3, -0.25) is 9.48 Å². The average molecular weight is 309 g/mol. The second kappa shape index (κ2) is 6.06. The van der Waals surface area contributed by atoms with E-state index in [1.165, 1.54) is 17.1 Å². The van der Waals surface area contributed by atoms with Crippen molar-refractivity contribution < 1.29 is 18.3 Å². The van der Waals surface area contributed by atoms with Crippen LogP contribution in [0.2, 0.25) is 0 Å². The highest BCUT2D eigenvalue weighted by Crippen LogP contribution is 2.12. The molecule has 0 atom stereocenters. The maximum absolute atomic E-state index is 12.1. The van der Waals surface area contributed by atoms with Gasteiger partial charge < -0.3 is 5.11 Å². The number of nitrogens with one attached hydrogen (secondary N) is 1. The van der Waals surface area contributed by atoms with Crippen molar-refractivity contribution in [1.29, 1.82) is 0 Å². The molecule has 0 aliphatic rings. The fraction of sp³-hybridized carbons (Fsp3) is 0.231. The second-order valence-electron chi connectivity index (χ2n) is 4.51. The molecule has 112 valence electrons. The standard InChI is InChI=1S/C13H15N3O4S/c1-16-9-12(8-14-16)21(19,20)15-7-11-5-3-2-4-10(11)6-13(17)18/h2-5,8-9,15H,6-7H2,1H3,(H,17,18). The van der Waals surface area contributed by atoms with Crippen molar-refractivity contribution in [3.63, 3.8) is 0 Å². The van der Waals surface area contributed by atoms with E-state index in [1.807, 2.05) is 0 Å². The molecule has 0 aliphatic carbocycles. The van der Waals surface area contributed by atoms with E-state index in [0.29, 0.717) is 11.1 Å². The second-order valence-corrected chi connectivity index (χ2v) is 6.28. The number of nitrogens with zero attached hydrogens (tertiary/aromatic N) is 2. The van der Waals surface area contributed by atoms with Crippen molar-refractivity contribution in [2.75, 3.05) is 0 Å². The van der Waals surface area contributed by atoms with Crippen LogP contribution < -0.4 is 4.72 Å². The summed E-state index contributed by atoms with van der Waals surface area (Å²) < 4.78 is 28.0. The number of aryl methyl sites for hydroxylation is 1. The summed E-state index contributed by atoms with van der Waals surface area (Å²) in [5.41, 5.74) is 1.21. The van der Waals surface area contributed by atoms with Gasteiger partial charge in [-0.15, -0.1) is 0 Å². The van der Waals surface area contributed by atoms with E-state index in [2.05, 4.69) is 9.82 Å². The zero-order valence-corrected chi connectivity index (χ0v) is 12.2. The van der Waals surface area contributed by atoms with E-state index in [1.54, 1.807) is 31.3 Å². The van der Waals surface area contributed by atoms with Crippen molar-refractivity contribution in [2.45, 2.75) is 17.9 Å². The first-order valence-electron chi connectivity index (χ1n) is 6.15. The lowest BCUT2D eigenvalue weighted by molar-refractivity contribution is -0.136. The van der Waals surface area contributed by atoms with Crippen molar-refractivity contribution in [1.82, 2.24) is 14.5 Å². The van der Waals surface area contributed by atoms with Crippen LogP contribution in [0.15, 0.2) is 41.6 Å². The van der Waals surface area contributed by atoms with Gasteiger partial charge in [-0.1, -0.05) is 24.3 Å². The van der Waals surface area contributed by atoms with E-state index in [9.17, 15) is 13.2 Å². The Morgan fingerprint density at radius 2 is 2.00 bits per heavy atom. The molecule has 1 heterocycles. The first-order valence-corrected chi connectivity index (χ1v) is 7.64. The predicted molar refractivity (Wildman–Crippen MR) is 75.0 cm³/mol. The smallest absolute Gasteiger partial charge is 0.307 e. The summed E-state index contributed by atoms with van der Waals surface area (Å²) in [5.74, 6) is -0.961. The molecular formula is C13H15N3O4S. The summed E-state index contributed by atoms with van der Waals surface area (Å²) in [6, 6.07) is 6.82. The summed E-state index contributed by atoms with van der Waals surface area (Å²) in [7, 11) is -2.04. The maximum Gasteiger partial charge on any atom is 0.307 e. The molecule has 0 radical (unpaired) electrons. The minimum atomic E-state index is -3.66. The summed E-state index contributed by atoms with van der Waals surface area (Å²) in [5, 5.41) is 12.7. The molecule has 0 aliphatic heterocycles. The van der Waals surface area contributed by atoms with Gasteiger partial charge >= 0.3 is 5.97 Å². The van der Waals surface area contributed by atoms with Gasteiger partial charge in [0.05, 0.1) is 12.6 Å². The number of benzene rings is 1. The summed E-state index contributed by atoms with van der Waals surface area (Å²) in [6.07, 6.45) is 2.50. The van der Waals surface area contributed by atoms with Crippen molar-refractivity contribution in [3.05, 3.63) is 47.8 Å². The van der Waals surface area contributed by atoms with Gasteiger partial charge in [0.15, 0.2) is 0 Å². The Labute approximate surface area is 122 Å². The molecule has 2 aromatic rings. The van der Waals surface area contributed by atoms with Crippen molar-refractivity contribution >= 4 is 16.0 Å². The molecule has 8 heteroatoms. The van der Waals surface area contributed by atoms with Crippen molar-refractivity contribution in [2.24, 2.45) is 7.05 Å². The van der Waals surface area contributed by atoms with Gasteiger partial charge in [-0.2, -0.15) is 5.10 Å². The van der Waals surface area contributed by atoms with E-state index < -0.39 is 16.0 Å². The van der Waals surface area contributed by atoms with E-state index in [4.69, 9.17) is 5.11 Å². The number of rotatable bonds is 6. The molecule has 21 heavy (non-hydrogen) atoms. The van der Waals surface area contributed by atoms with E-state index in [-0.39, 0.29) is 17.9 Å². The largest absolute Gasteiger partial charge is 0.481 e. The number of carbonyl (C=O) groups is 1. The fourth-order valence-electron chi connectivity index (χ4n) is 1.86. The third-order valence-electron chi connectivity index (χ3n) is 2.90. The highest BCUT2D eigenvalue weighted by atomic mass is 32.2. The molecule has 2 rings (SSSR count). The third-order valence-corrected chi connectivity index (χ3v) is 4.26. The molecule has 0 fully saturated rings. The first kappa shape index (κ1) is 15.2. The molecule has 0 saturated carbocycles. The molecule has 1 aromatic heterocycles. The van der Waals surface area contributed by atoms with Gasteiger partial charge in [0.1, 0.15) is 4.90 Å². The molecule has 0 unspecified atom stereocenters. The molecule has 1 aromatic carbocycles. The van der Waals surface area contributed by atoms with Crippen LogP contribution in [0.25, 0.3) is 0 Å². The topological polar surface area (TPSA) is 101 Å². The Morgan fingerprint density at radius 1 is 1.33 bits per heavy atom. The van der Waals surface area contributed by atoms with Crippen LogP contribution in [0.1, 0.15) is 11.1 Å². The quantitative estimate of drug-likeness (QED) is 0.810. The van der Waals surface area contributed by atoms with E-state index >= 15 is 0 Å². The van der Waals surface area contributed by atoms with Crippen LogP contribution in [-0.2, 0) is 34.8 Å². The Balaban J connectivity index is 2.15. The van der Waals surface area contributed by atoms with Crippen molar-refractivity contribution in [3.8, 4) is 0 Å². The lowest BCUT2D eigenvalue weighted by atomic mass is 10.1. The average Bonchev–Trinajstić information content (AvgIpc) is 2.85. The maximum atomic E-state index is 12.1. The Morgan fingerprint density at radius 3 is 2.57 bits per heavy atom. The highest BCUT2D eigenvalue weighted by molar-refractivity contribution is 7.89. The summed E-state index contributed by atoms with van der Waals surface area (Å²) in [6.45, 7) is 0.0285. The number of carboxylic acids is 1. The van der Waals surface area contributed by atoms with E-state index in [0.717, 1.165) is 0 Å². The lowest BCUT2D eigenvalue weighted by Gasteiger charge is -2.09. The number of carboxylic acid groups (broad SMARTS) is 1. The highest BCUT2D eigenvalue weighted by Gasteiger charge is 2.16. The van der Waals surface area contributed by atoms with Gasteiger partial charge in [-0.05, 0) is 11.1 Å². The van der Waals surface area contributed by atoms with Gasteiger partial charge in [0, 0.05) is 19.8 Å². The minimum Gasteiger partial charge on any atom is -0.481 e. The number of sulfonamides is 1. The van der Waals surface area contributed by atoms with Crippen LogP contribution in [0.4, 0.5) is 0 Å². The number of aromatic nitrogens is 2. The molecule has 0 spiro atoms. The van der Waals surface area contributed by atoms with Crippen LogP contribution in [0.3, 0.4) is 0 Å².